The molecule has 7 heteroatoms. The van der Waals surface area contributed by atoms with Gasteiger partial charge in [0.1, 0.15) is 0 Å². The minimum absolute atomic E-state index is 0.246. The highest BCUT2D eigenvalue weighted by atomic mass is 16.5. The lowest BCUT2D eigenvalue weighted by Gasteiger charge is -2.08. The first-order valence-electron chi connectivity index (χ1n) is 7.82. The van der Waals surface area contributed by atoms with E-state index in [1.54, 1.807) is 47.4 Å². The van der Waals surface area contributed by atoms with Crippen molar-refractivity contribution in [2.24, 2.45) is 0 Å². The fourth-order valence-corrected chi connectivity index (χ4v) is 2.06. The summed E-state index contributed by atoms with van der Waals surface area (Å²) in [7, 11) is 5.33. The number of anilines is 1. The summed E-state index contributed by atoms with van der Waals surface area (Å²) >= 11 is 0. The van der Waals surface area contributed by atoms with Crippen LogP contribution in [0.5, 0.6) is 0 Å². The standard InChI is InChI=1S/C18H22N4O3/c1-21(2)10-11-22-13-16(12-19-22)20-17(23)9-6-14-4-7-15(8-5-14)18(24)25-3/h4-9,12-13H,10-11H2,1-3H3,(H,20,23)/b9-6-. The van der Waals surface area contributed by atoms with Crippen LogP contribution in [0.2, 0.25) is 0 Å². The van der Waals surface area contributed by atoms with Crippen molar-refractivity contribution in [2.45, 2.75) is 6.54 Å². The van der Waals surface area contributed by atoms with Crippen LogP contribution >= 0.6 is 0 Å². The number of nitrogens with zero attached hydrogens (tertiary/aromatic N) is 3. The molecule has 2 aromatic rings. The van der Waals surface area contributed by atoms with E-state index in [4.69, 9.17) is 0 Å². The molecule has 0 spiro atoms. The van der Waals surface area contributed by atoms with Crippen LogP contribution in [0.25, 0.3) is 6.08 Å². The molecule has 0 bridgehead atoms. The van der Waals surface area contributed by atoms with Gasteiger partial charge in [-0.25, -0.2) is 4.79 Å². The van der Waals surface area contributed by atoms with Crippen molar-refractivity contribution in [3.63, 3.8) is 0 Å². The first-order valence-corrected chi connectivity index (χ1v) is 7.82. The van der Waals surface area contributed by atoms with Gasteiger partial charge in [0.25, 0.3) is 0 Å². The Morgan fingerprint density at radius 3 is 2.64 bits per heavy atom. The summed E-state index contributed by atoms with van der Waals surface area (Å²) in [5.74, 6) is -0.635. The van der Waals surface area contributed by atoms with Crippen molar-refractivity contribution >= 4 is 23.6 Å². The number of hydrogen-bond acceptors (Lipinski definition) is 5. The van der Waals surface area contributed by atoms with E-state index in [1.807, 2.05) is 14.1 Å². The number of rotatable bonds is 7. The molecule has 0 saturated heterocycles. The van der Waals surface area contributed by atoms with Crippen molar-refractivity contribution < 1.29 is 14.3 Å². The molecule has 132 valence electrons. The number of carbonyl (C=O) groups excluding carboxylic acids is 2. The molecule has 1 aromatic heterocycles. The van der Waals surface area contributed by atoms with E-state index in [1.165, 1.54) is 13.2 Å². The molecule has 1 N–H and O–H groups in total. The summed E-state index contributed by atoms with van der Waals surface area (Å²) in [6.45, 7) is 1.63. The lowest BCUT2D eigenvalue weighted by Crippen LogP contribution is -2.18. The van der Waals surface area contributed by atoms with E-state index in [0.717, 1.165) is 18.7 Å². The average molecular weight is 342 g/mol. The monoisotopic (exact) mass is 342 g/mol. The minimum Gasteiger partial charge on any atom is -0.465 e. The number of nitrogens with one attached hydrogen (secondary N) is 1. The van der Waals surface area contributed by atoms with Crippen LogP contribution in [-0.2, 0) is 16.1 Å². The topological polar surface area (TPSA) is 76.5 Å². The van der Waals surface area contributed by atoms with E-state index < -0.39 is 0 Å². The maximum absolute atomic E-state index is 12.0. The van der Waals surface area contributed by atoms with Gasteiger partial charge >= 0.3 is 5.97 Å². The van der Waals surface area contributed by atoms with E-state index in [-0.39, 0.29) is 11.9 Å². The van der Waals surface area contributed by atoms with Gasteiger partial charge in [0.2, 0.25) is 5.91 Å². The number of benzene rings is 1. The third kappa shape index (κ3) is 5.89. The van der Waals surface area contributed by atoms with Gasteiger partial charge in [0.15, 0.2) is 0 Å². The third-order valence-electron chi connectivity index (χ3n) is 3.44. The number of hydrogen-bond donors (Lipinski definition) is 1. The summed E-state index contributed by atoms with van der Waals surface area (Å²) in [6, 6.07) is 6.79. The van der Waals surface area contributed by atoms with Gasteiger partial charge < -0.3 is 15.0 Å². The zero-order chi connectivity index (χ0) is 18.2. The number of aromatic nitrogens is 2. The molecule has 0 aliphatic rings. The average Bonchev–Trinajstić information content (AvgIpc) is 3.05. The summed E-state index contributed by atoms with van der Waals surface area (Å²) in [6.07, 6.45) is 6.52. The molecule has 0 aliphatic carbocycles. The van der Waals surface area contributed by atoms with Crippen molar-refractivity contribution in [2.75, 3.05) is 33.1 Å². The molecule has 0 radical (unpaired) electrons. The van der Waals surface area contributed by atoms with Gasteiger partial charge in [0.05, 0.1) is 31.1 Å². The number of ether oxygens (including phenoxy) is 1. The molecule has 7 nitrogen and oxygen atoms in total. The fraction of sp³-hybridized carbons (Fsp3) is 0.278. The summed E-state index contributed by atoms with van der Waals surface area (Å²) in [4.78, 5) is 25.4. The molecule has 0 atom stereocenters. The maximum atomic E-state index is 12.0. The zero-order valence-corrected chi connectivity index (χ0v) is 14.6. The van der Waals surface area contributed by atoms with Gasteiger partial charge in [-0.2, -0.15) is 5.10 Å². The van der Waals surface area contributed by atoms with E-state index in [9.17, 15) is 9.59 Å². The molecule has 25 heavy (non-hydrogen) atoms. The molecule has 1 amide bonds. The van der Waals surface area contributed by atoms with Crippen LogP contribution in [0.3, 0.4) is 0 Å². The van der Waals surface area contributed by atoms with E-state index >= 15 is 0 Å². The van der Waals surface area contributed by atoms with Gasteiger partial charge in [-0.3, -0.25) is 9.48 Å². The Balaban J connectivity index is 1.89. The predicted molar refractivity (Wildman–Crippen MR) is 96.2 cm³/mol. The van der Waals surface area contributed by atoms with Crippen molar-refractivity contribution in [1.82, 2.24) is 14.7 Å². The van der Waals surface area contributed by atoms with Crippen molar-refractivity contribution in [3.05, 3.63) is 53.9 Å². The van der Waals surface area contributed by atoms with Crippen molar-refractivity contribution in [3.8, 4) is 0 Å². The SMILES string of the molecule is COC(=O)c1ccc(/C=C\C(=O)Nc2cnn(CCN(C)C)c2)cc1. The van der Waals surface area contributed by atoms with E-state index in [0.29, 0.717) is 11.3 Å². The van der Waals surface area contributed by atoms with Crippen LogP contribution < -0.4 is 5.32 Å². The molecule has 1 aromatic carbocycles. The first kappa shape index (κ1) is 18.4. The van der Waals surface area contributed by atoms with Crippen LogP contribution in [-0.4, -0.2) is 54.3 Å². The Kier molecular flexibility index (Phi) is 6.47. The molecular weight excluding hydrogens is 320 g/mol. The number of amides is 1. The maximum Gasteiger partial charge on any atom is 0.337 e. The Morgan fingerprint density at radius 1 is 1.28 bits per heavy atom. The summed E-state index contributed by atoms with van der Waals surface area (Å²) in [5, 5.41) is 6.96. The molecule has 0 aliphatic heterocycles. The number of likely N-dealkylation sites (N-methyl/N-ethyl adjacent to an activating group) is 1. The largest absolute Gasteiger partial charge is 0.465 e. The third-order valence-corrected chi connectivity index (χ3v) is 3.44. The highest BCUT2D eigenvalue weighted by Crippen LogP contribution is 2.09. The van der Waals surface area contributed by atoms with Crippen molar-refractivity contribution in [1.29, 1.82) is 0 Å². The highest BCUT2D eigenvalue weighted by molar-refractivity contribution is 6.01. The highest BCUT2D eigenvalue weighted by Gasteiger charge is 2.04. The number of carbonyl (C=O) groups is 2. The summed E-state index contributed by atoms with van der Waals surface area (Å²) < 4.78 is 6.42. The normalized spacial score (nSPS) is 11.0. The Labute approximate surface area is 146 Å². The molecule has 1 heterocycles. The van der Waals surface area contributed by atoms with Crippen LogP contribution in [0.4, 0.5) is 5.69 Å². The lowest BCUT2D eigenvalue weighted by atomic mass is 10.1. The fourth-order valence-electron chi connectivity index (χ4n) is 2.06. The van der Waals surface area contributed by atoms with Crippen LogP contribution in [0.1, 0.15) is 15.9 Å². The predicted octanol–water partition coefficient (Wildman–Crippen LogP) is 1.88. The minimum atomic E-state index is -0.389. The number of methoxy groups -OCH3 is 1. The molecule has 0 unspecified atom stereocenters. The Bertz CT molecular complexity index is 748. The van der Waals surface area contributed by atoms with E-state index in [2.05, 4.69) is 20.1 Å². The second-order valence-electron chi connectivity index (χ2n) is 5.73. The quantitative estimate of drug-likeness (QED) is 0.614. The van der Waals surface area contributed by atoms with Crippen LogP contribution in [0, 0.1) is 0 Å². The molecule has 2 rings (SSSR count). The molecular formula is C18H22N4O3. The first-order chi connectivity index (χ1) is 12.0. The van der Waals surface area contributed by atoms with Crippen LogP contribution in [0.15, 0.2) is 42.7 Å². The molecule has 0 saturated carbocycles. The van der Waals surface area contributed by atoms with Gasteiger partial charge in [-0.15, -0.1) is 0 Å². The second kappa shape index (κ2) is 8.79. The smallest absolute Gasteiger partial charge is 0.337 e. The molecule has 0 fully saturated rings. The Morgan fingerprint density at radius 2 is 2.00 bits per heavy atom. The van der Waals surface area contributed by atoms with Gasteiger partial charge in [0, 0.05) is 18.8 Å². The summed E-state index contributed by atoms with van der Waals surface area (Å²) in [5.41, 5.74) is 1.92. The van der Waals surface area contributed by atoms with Gasteiger partial charge in [-0.05, 0) is 37.9 Å². The zero-order valence-electron chi connectivity index (χ0n) is 14.6. The Hall–Kier alpha value is -2.93. The second-order valence-corrected chi connectivity index (χ2v) is 5.73. The number of esters is 1. The van der Waals surface area contributed by atoms with Gasteiger partial charge in [-0.1, -0.05) is 12.1 Å². The lowest BCUT2D eigenvalue weighted by molar-refractivity contribution is -0.111.